The van der Waals surface area contributed by atoms with Crippen LogP contribution in [0.5, 0.6) is 0 Å². The first kappa shape index (κ1) is 12.6. The number of benzene rings is 1. The van der Waals surface area contributed by atoms with E-state index in [-0.39, 0.29) is 6.10 Å². The number of allylic oxidation sites excluding steroid dienone is 2. The van der Waals surface area contributed by atoms with E-state index in [1.807, 2.05) is 36.4 Å². The van der Waals surface area contributed by atoms with Crippen LogP contribution in [0.2, 0.25) is 0 Å². The first-order valence-electron chi connectivity index (χ1n) is 6.64. The fourth-order valence-corrected chi connectivity index (χ4v) is 2.01. The van der Waals surface area contributed by atoms with Gasteiger partial charge in [0.2, 0.25) is 0 Å². The summed E-state index contributed by atoms with van der Waals surface area (Å²) in [6.07, 6.45) is 9.03. The minimum absolute atomic E-state index is 0.247. The van der Waals surface area contributed by atoms with Crippen molar-refractivity contribution in [2.24, 2.45) is 0 Å². The highest BCUT2D eigenvalue weighted by molar-refractivity contribution is 5.17. The molecular weight excluding hydrogens is 240 g/mol. The molecule has 1 fully saturated rings. The van der Waals surface area contributed by atoms with Gasteiger partial charge in [0.25, 0.3) is 0 Å². The fourth-order valence-electron chi connectivity index (χ4n) is 2.01. The summed E-state index contributed by atoms with van der Waals surface area (Å²) < 4.78 is 17.1. The molecule has 3 nitrogen and oxygen atoms in total. The van der Waals surface area contributed by atoms with E-state index >= 15 is 0 Å². The monoisotopic (exact) mass is 258 g/mol. The van der Waals surface area contributed by atoms with E-state index in [9.17, 15) is 0 Å². The number of epoxide rings is 1. The smallest absolute Gasteiger partial charge is 0.192 e. The van der Waals surface area contributed by atoms with Gasteiger partial charge in [-0.25, -0.2) is 0 Å². The molecule has 0 N–H and O–H groups in total. The second kappa shape index (κ2) is 5.70. The summed E-state index contributed by atoms with van der Waals surface area (Å²) in [5, 5.41) is 0. The van der Waals surface area contributed by atoms with Gasteiger partial charge in [-0.2, -0.15) is 0 Å². The van der Waals surface area contributed by atoms with Crippen LogP contribution < -0.4 is 0 Å². The van der Waals surface area contributed by atoms with Crippen LogP contribution in [0.25, 0.3) is 0 Å². The molecule has 2 atom stereocenters. The van der Waals surface area contributed by atoms with Gasteiger partial charge in [0.15, 0.2) is 5.79 Å². The van der Waals surface area contributed by atoms with E-state index in [4.69, 9.17) is 14.2 Å². The molecule has 2 aliphatic rings. The normalized spacial score (nSPS) is 28.5. The second-order valence-corrected chi connectivity index (χ2v) is 4.84. The number of hydrogen-bond acceptors (Lipinski definition) is 3. The quantitative estimate of drug-likeness (QED) is 0.580. The highest BCUT2D eigenvalue weighted by Crippen LogP contribution is 2.27. The van der Waals surface area contributed by atoms with Gasteiger partial charge in [-0.05, 0) is 11.6 Å². The molecule has 0 aromatic heterocycles. The molecule has 2 unspecified atom stereocenters. The minimum Gasteiger partial charge on any atom is -0.371 e. The molecule has 1 heterocycles. The lowest BCUT2D eigenvalue weighted by molar-refractivity contribution is -0.211. The van der Waals surface area contributed by atoms with Crippen LogP contribution in [0.15, 0.2) is 54.6 Å². The first-order valence-corrected chi connectivity index (χ1v) is 6.64. The fraction of sp³-hybridized carbons (Fsp3) is 0.375. The van der Waals surface area contributed by atoms with Crippen molar-refractivity contribution in [2.75, 3.05) is 13.2 Å². The molecular formula is C16H18O3. The van der Waals surface area contributed by atoms with Crippen LogP contribution in [-0.2, 0) is 20.8 Å². The maximum absolute atomic E-state index is 6.02. The van der Waals surface area contributed by atoms with Crippen LogP contribution in [0, 0.1) is 0 Å². The summed E-state index contributed by atoms with van der Waals surface area (Å²) in [5.74, 6) is -0.642. The summed E-state index contributed by atoms with van der Waals surface area (Å²) in [7, 11) is 0. The van der Waals surface area contributed by atoms with Gasteiger partial charge in [0.05, 0.1) is 19.8 Å². The lowest BCUT2D eigenvalue weighted by Gasteiger charge is -2.31. The highest BCUT2D eigenvalue weighted by atomic mass is 16.7. The predicted molar refractivity (Wildman–Crippen MR) is 72.6 cm³/mol. The van der Waals surface area contributed by atoms with Crippen molar-refractivity contribution in [3.63, 3.8) is 0 Å². The van der Waals surface area contributed by atoms with E-state index in [1.54, 1.807) is 0 Å². The van der Waals surface area contributed by atoms with Crippen molar-refractivity contribution < 1.29 is 14.2 Å². The largest absolute Gasteiger partial charge is 0.371 e. The average Bonchev–Trinajstić information content (AvgIpc) is 3.30. The summed E-state index contributed by atoms with van der Waals surface area (Å²) in [4.78, 5) is 0. The third kappa shape index (κ3) is 3.53. The molecule has 0 saturated carbocycles. The first-order chi connectivity index (χ1) is 9.36. The average molecular weight is 258 g/mol. The predicted octanol–water partition coefficient (Wildman–Crippen LogP) is 2.83. The summed E-state index contributed by atoms with van der Waals surface area (Å²) in [6, 6.07) is 10.1. The van der Waals surface area contributed by atoms with E-state index < -0.39 is 5.79 Å². The molecule has 0 amide bonds. The molecule has 100 valence electrons. The Morgan fingerprint density at radius 2 is 2.00 bits per heavy atom. The SMILES string of the molecule is C1=CCC(OCc2ccccc2)(OCC2CO2)C=C1. The zero-order valence-electron chi connectivity index (χ0n) is 10.8. The summed E-state index contributed by atoms with van der Waals surface area (Å²) >= 11 is 0. The third-order valence-corrected chi connectivity index (χ3v) is 3.24. The summed E-state index contributed by atoms with van der Waals surface area (Å²) in [6.45, 7) is 1.94. The van der Waals surface area contributed by atoms with Crippen LogP contribution >= 0.6 is 0 Å². The van der Waals surface area contributed by atoms with Crippen molar-refractivity contribution >= 4 is 0 Å². The van der Waals surface area contributed by atoms with Crippen molar-refractivity contribution in [3.8, 4) is 0 Å². The Balaban J connectivity index is 1.61. The molecule has 3 heteroatoms. The number of rotatable bonds is 6. The van der Waals surface area contributed by atoms with Crippen molar-refractivity contribution in [2.45, 2.75) is 24.9 Å². The van der Waals surface area contributed by atoms with Crippen LogP contribution in [0.3, 0.4) is 0 Å². The molecule has 0 spiro atoms. The topological polar surface area (TPSA) is 31.0 Å². The zero-order valence-corrected chi connectivity index (χ0v) is 10.8. The molecule has 19 heavy (non-hydrogen) atoms. The molecule has 1 aromatic carbocycles. The van der Waals surface area contributed by atoms with Crippen molar-refractivity contribution in [1.82, 2.24) is 0 Å². The molecule has 3 rings (SSSR count). The Kier molecular flexibility index (Phi) is 3.78. The van der Waals surface area contributed by atoms with E-state index in [1.165, 1.54) is 0 Å². The number of ether oxygens (including phenoxy) is 3. The van der Waals surface area contributed by atoms with Crippen LogP contribution in [0.4, 0.5) is 0 Å². The van der Waals surface area contributed by atoms with Gasteiger partial charge in [-0.15, -0.1) is 0 Å². The lowest BCUT2D eigenvalue weighted by atomic mass is 10.1. The molecule has 1 aromatic rings. The number of hydrogen-bond donors (Lipinski definition) is 0. The van der Waals surface area contributed by atoms with Gasteiger partial charge in [0, 0.05) is 6.42 Å². The molecule has 0 radical (unpaired) electrons. The van der Waals surface area contributed by atoms with Gasteiger partial charge >= 0.3 is 0 Å². The van der Waals surface area contributed by atoms with Gasteiger partial charge in [-0.3, -0.25) is 0 Å². The Bertz CT molecular complexity index is 462. The maximum atomic E-state index is 6.02. The summed E-state index contributed by atoms with van der Waals surface area (Å²) in [5.41, 5.74) is 1.15. The van der Waals surface area contributed by atoms with Crippen LogP contribution in [0.1, 0.15) is 12.0 Å². The Hall–Kier alpha value is -1.42. The van der Waals surface area contributed by atoms with Gasteiger partial charge in [-0.1, -0.05) is 48.6 Å². The standard InChI is InChI=1S/C16H18O3/c1-3-7-14(8-4-1)11-18-16(9-5-2-6-10-16)19-13-15-12-17-15/h1-9,15H,10-13H2. The molecule has 1 saturated heterocycles. The van der Waals surface area contributed by atoms with E-state index in [0.29, 0.717) is 13.2 Å². The maximum Gasteiger partial charge on any atom is 0.192 e. The van der Waals surface area contributed by atoms with E-state index in [0.717, 1.165) is 18.6 Å². The molecule has 0 bridgehead atoms. The minimum atomic E-state index is -0.642. The Labute approximate surface area is 113 Å². The highest BCUT2D eigenvalue weighted by Gasteiger charge is 2.33. The van der Waals surface area contributed by atoms with Gasteiger partial charge in [0.1, 0.15) is 6.10 Å². The Morgan fingerprint density at radius 1 is 1.16 bits per heavy atom. The molecule has 1 aliphatic carbocycles. The van der Waals surface area contributed by atoms with E-state index in [2.05, 4.69) is 18.2 Å². The lowest BCUT2D eigenvalue weighted by Crippen LogP contribution is -2.35. The zero-order chi connectivity index (χ0) is 13.0. The van der Waals surface area contributed by atoms with Crippen molar-refractivity contribution in [3.05, 3.63) is 60.2 Å². The molecule has 1 aliphatic heterocycles. The second-order valence-electron chi connectivity index (χ2n) is 4.84. The third-order valence-electron chi connectivity index (χ3n) is 3.24. The van der Waals surface area contributed by atoms with Crippen LogP contribution in [-0.4, -0.2) is 25.1 Å². The van der Waals surface area contributed by atoms with Gasteiger partial charge < -0.3 is 14.2 Å². The Morgan fingerprint density at radius 3 is 2.68 bits per heavy atom. The van der Waals surface area contributed by atoms with Crippen molar-refractivity contribution in [1.29, 1.82) is 0 Å².